The number of fused-ring (bicyclic) bond motifs is 1. The fourth-order valence-electron chi connectivity index (χ4n) is 2.54. The third-order valence-corrected chi connectivity index (χ3v) is 4.90. The molecule has 0 aliphatic carbocycles. The number of hydrogen-bond acceptors (Lipinski definition) is 4. The minimum absolute atomic E-state index is 0.157. The van der Waals surface area contributed by atoms with Crippen LogP contribution in [0.4, 0.5) is 0 Å². The van der Waals surface area contributed by atoms with Crippen molar-refractivity contribution in [2.24, 2.45) is 5.92 Å². The van der Waals surface area contributed by atoms with Crippen LogP contribution in [-0.4, -0.2) is 32.9 Å². The first-order chi connectivity index (χ1) is 10.3. The third kappa shape index (κ3) is 4.61. The number of hydrogen-bond donors (Lipinski definition) is 1. The van der Waals surface area contributed by atoms with Gasteiger partial charge in [0.15, 0.2) is 0 Å². The number of rotatable bonds is 4. The van der Waals surface area contributed by atoms with Gasteiger partial charge in [0.25, 0.3) is 0 Å². The van der Waals surface area contributed by atoms with Crippen molar-refractivity contribution in [3.05, 3.63) is 28.8 Å². The lowest BCUT2D eigenvalue weighted by Crippen LogP contribution is -2.35. The lowest BCUT2D eigenvalue weighted by Gasteiger charge is -2.20. The molecule has 1 amide bonds. The predicted octanol–water partition coefficient (Wildman–Crippen LogP) is 2.35. The summed E-state index contributed by atoms with van der Waals surface area (Å²) in [7, 11) is -3.19. The Morgan fingerprint density at radius 1 is 1.50 bits per heavy atom. The summed E-state index contributed by atoms with van der Waals surface area (Å²) in [4.78, 5) is 12.2. The van der Waals surface area contributed by atoms with Gasteiger partial charge in [0, 0.05) is 22.8 Å². The molecule has 1 heterocycles. The van der Waals surface area contributed by atoms with Gasteiger partial charge in [-0.15, -0.1) is 0 Å². The number of amides is 1. The Hall–Kier alpha value is -1.27. The summed E-state index contributed by atoms with van der Waals surface area (Å²) in [5, 5.41) is 3.51. The second kappa shape index (κ2) is 6.87. The summed E-state index contributed by atoms with van der Waals surface area (Å²) in [6, 6.07) is 5.15. The van der Waals surface area contributed by atoms with E-state index in [1.54, 1.807) is 19.1 Å². The van der Waals surface area contributed by atoms with Gasteiger partial charge in [-0.25, -0.2) is 8.42 Å². The average Bonchev–Trinajstić information content (AvgIpc) is 2.59. The summed E-state index contributed by atoms with van der Waals surface area (Å²) < 4.78 is 28.3. The number of halogens is 1. The molecule has 0 saturated carbocycles. The van der Waals surface area contributed by atoms with E-state index in [4.69, 9.17) is 16.3 Å². The molecule has 22 heavy (non-hydrogen) atoms. The SMILES string of the molecule is C[C@@H](CS(C)(=O)=O)C(=O)N[C@@H]1CCCOc2cc(Cl)ccc21. The molecule has 0 spiro atoms. The lowest BCUT2D eigenvalue weighted by molar-refractivity contribution is -0.124. The van der Waals surface area contributed by atoms with Crippen molar-refractivity contribution in [3.63, 3.8) is 0 Å². The Balaban J connectivity index is 2.14. The molecule has 0 bridgehead atoms. The zero-order valence-corrected chi connectivity index (χ0v) is 14.2. The monoisotopic (exact) mass is 345 g/mol. The fraction of sp³-hybridized carbons (Fsp3) is 0.533. The smallest absolute Gasteiger partial charge is 0.224 e. The van der Waals surface area contributed by atoms with E-state index in [1.165, 1.54) is 0 Å². The quantitative estimate of drug-likeness (QED) is 0.909. The average molecular weight is 346 g/mol. The summed E-state index contributed by atoms with van der Waals surface area (Å²) in [6.45, 7) is 2.19. The molecular formula is C15H20ClNO4S. The Morgan fingerprint density at radius 2 is 2.23 bits per heavy atom. The van der Waals surface area contributed by atoms with E-state index >= 15 is 0 Å². The Kier molecular flexibility index (Phi) is 5.34. The summed E-state index contributed by atoms with van der Waals surface area (Å²) in [6.07, 6.45) is 2.68. The molecule has 0 fully saturated rings. The van der Waals surface area contributed by atoms with E-state index in [2.05, 4.69) is 5.32 Å². The summed E-state index contributed by atoms with van der Waals surface area (Å²) in [5.41, 5.74) is 0.877. The van der Waals surface area contributed by atoms with Crippen LogP contribution in [0.5, 0.6) is 5.75 Å². The maximum atomic E-state index is 12.2. The van der Waals surface area contributed by atoms with Crippen LogP contribution < -0.4 is 10.1 Å². The first-order valence-corrected chi connectivity index (χ1v) is 9.60. The number of benzene rings is 1. The van der Waals surface area contributed by atoms with Gasteiger partial charge in [-0.2, -0.15) is 0 Å². The van der Waals surface area contributed by atoms with Gasteiger partial charge in [0.05, 0.1) is 18.4 Å². The van der Waals surface area contributed by atoms with Crippen LogP contribution in [0.2, 0.25) is 5.02 Å². The highest BCUT2D eigenvalue weighted by molar-refractivity contribution is 7.90. The highest BCUT2D eigenvalue weighted by atomic mass is 35.5. The minimum atomic E-state index is -3.19. The van der Waals surface area contributed by atoms with E-state index in [9.17, 15) is 13.2 Å². The van der Waals surface area contributed by atoms with Gasteiger partial charge in [-0.1, -0.05) is 24.6 Å². The van der Waals surface area contributed by atoms with E-state index in [0.717, 1.165) is 24.7 Å². The van der Waals surface area contributed by atoms with Crippen LogP contribution in [0, 0.1) is 5.92 Å². The van der Waals surface area contributed by atoms with Crippen LogP contribution in [0.1, 0.15) is 31.4 Å². The number of nitrogens with one attached hydrogen (secondary N) is 1. The minimum Gasteiger partial charge on any atom is -0.493 e. The van der Waals surface area contributed by atoms with Gasteiger partial charge in [0.2, 0.25) is 5.91 Å². The van der Waals surface area contributed by atoms with Gasteiger partial charge in [-0.05, 0) is 25.0 Å². The van der Waals surface area contributed by atoms with Gasteiger partial charge < -0.3 is 10.1 Å². The predicted molar refractivity (Wildman–Crippen MR) is 85.9 cm³/mol. The van der Waals surface area contributed by atoms with E-state index in [1.807, 2.05) is 6.07 Å². The number of ether oxygens (including phenoxy) is 1. The summed E-state index contributed by atoms with van der Waals surface area (Å²) >= 11 is 5.97. The molecule has 1 aromatic carbocycles. The maximum Gasteiger partial charge on any atom is 0.224 e. The molecule has 0 saturated heterocycles. The molecule has 0 radical (unpaired) electrons. The van der Waals surface area contributed by atoms with E-state index in [-0.39, 0.29) is 17.7 Å². The number of carbonyl (C=O) groups is 1. The molecule has 1 aromatic rings. The van der Waals surface area contributed by atoms with Crippen molar-refractivity contribution >= 4 is 27.3 Å². The highest BCUT2D eigenvalue weighted by Crippen LogP contribution is 2.33. The van der Waals surface area contributed by atoms with Crippen molar-refractivity contribution in [2.45, 2.75) is 25.8 Å². The topological polar surface area (TPSA) is 72.5 Å². The maximum absolute atomic E-state index is 12.2. The standard InChI is InChI=1S/C15H20ClNO4S/c1-10(9-22(2,19)20)15(18)17-13-4-3-7-21-14-8-11(16)5-6-12(13)14/h5-6,8,10,13H,3-4,7,9H2,1-2H3,(H,17,18)/t10-,13+/m0/s1. The van der Waals surface area contributed by atoms with Crippen LogP contribution in [0.25, 0.3) is 0 Å². The van der Waals surface area contributed by atoms with Gasteiger partial charge in [0.1, 0.15) is 15.6 Å². The fourth-order valence-corrected chi connectivity index (χ4v) is 3.76. The van der Waals surface area contributed by atoms with Crippen LogP contribution in [0.3, 0.4) is 0 Å². The molecule has 1 aliphatic rings. The molecule has 1 aliphatic heterocycles. The van der Waals surface area contributed by atoms with Crippen LogP contribution >= 0.6 is 11.6 Å². The molecular weight excluding hydrogens is 326 g/mol. The normalized spacial score (nSPS) is 19.5. The van der Waals surface area contributed by atoms with Crippen LogP contribution in [-0.2, 0) is 14.6 Å². The Bertz CT molecular complexity index is 660. The molecule has 122 valence electrons. The Labute approximate surface area is 135 Å². The van der Waals surface area contributed by atoms with Crippen molar-refractivity contribution < 1.29 is 17.9 Å². The second-order valence-corrected chi connectivity index (χ2v) is 8.35. The first kappa shape index (κ1) is 17.1. The van der Waals surface area contributed by atoms with Crippen molar-refractivity contribution in [2.75, 3.05) is 18.6 Å². The van der Waals surface area contributed by atoms with Crippen molar-refractivity contribution in [1.82, 2.24) is 5.32 Å². The largest absolute Gasteiger partial charge is 0.493 e. The second-order valence-electron chi connectivity index (χ2n) is 5.73. The molecule has 0 unspecified atom stereocenters. The molecule has 2 rings (SSSR count). The number of carbonyl (C=O) groups excluding carboxylic acids is 1. The molecule has 0 aromatic heterocycles. The van der Waals surface area contributed by atoms with Crippen molar-refractivity contribution in [3.8, 4) is 5.75 Å². The molecule has 5 nitrogen and oxygen atoms in total. The first-order valence-electron chi connectivity index (χ1n) is 7.16. The van der Waals surface area contributed by atoms with Crippen LogP contribution in [0.15, 0.2) is 18.2 Å². The summed E-state index contributed by atoms with van der Waals surface area (Å²) in [5.74, 6) is -0.338. The Morgan fingerprint density at radius 3 is 2.91 bits per heavy atom. The van der Waals surface area contributed by atoms with E-state index in [0.29, 0.717) is 17.4 Å². The van der Waals surface area contributed by atoms with Gasteiger partial charge in [-0.3, -0.25) is 4.79 Å². The third-order valence-electron chi connectivity index (χ3n) is 3.56. The van der Waals surface area contributed by atoms with Gasteiger partial charge >= 0.3 is 0 Å². The molecule has 7 heteroatoms. The zero-order valence-electron chi connectivity index (χ0n) is 12.6. The molecule has 2 atom stereocenters. The number of sulfone groups is 1. The zero-order chi connectivity index (χ0) is 16.3. The lowest BCUT2D eigenvalue weighted by atomic mass is 10.0. The highest BCUT2D eigenvalue weighted by Gasteiger charge is 2.25. The molecule has 1 N–H and O–H groups in total. The van der Waals surface area contributed by atoms with E-state index < -0.39 is 15.8 Å². The van der Waals surface area contributed by atoms with Crippen molar-refractivity contribution in [1.29, 1.82) is 0 Å².